The van der Waals surface area contributed by atoms with Gasteiger partial charge in [0, 0.05) is 6.54 Å². The first-order chi connectivity index (χ1) is 5.84. The standard InChI is InChI=1S/C8H14F3NO/c1-6(2)4-3-5-12-7(13)8(9,10)11/h6H,3-5H2,1-2H3,(H,12,13). The van der Waals surface area contributed by atoms with Crippen molar-refractivity contribution in [3.63, 3.8) is 0 Å². The van der Waals surface area contributed by atoms with E-state index in [-0.39, 0.29) is 6.54 Å². The molecule has 1 amide bonds. The Morgan fingerprint density at radius 3 is 2.31 bits per heavy atom. The largest absolute Gasteiger partial charge is 0.471 e. The van der Waals surface area contributed by atoms with Crippen molar-refractivity contribution in [1.29, 1.82) is 0 Å². The zero-order chi connectivity index (χ0) is 10.5. The molecule has 0 aromatic rings. The fraction of sp³-hybridized carbons (Fsp3) is 0.875. The van der Waals surface area contributed by atoms with Gasteiger partial charge in [0.25, 0.3) is 0 Å². The Bertz CT molecular complexity index is 165. The number of rotatable bonds is 4. The van der Waals surface area contributed by atoms with Gasteiger partial charge in [-0.1, -0.05) is 13.8 Å². The van der Waals surface area contributed by atoms with E-state index in [4.69, 9.17) is 0 Å². The lowest BCUT2D eigenvalue weighted by Crippen LogP contribution is -2.37. The lowest BCUT2D eigenvalue weighted by atomic mass is 10.1. The molecule has 0 aliphatic heterocycles. The summed E-state index contributed by atoms with van der Waals surface area (Å²) in [6, 6.07) is 0. The van der Waals surface area contributed by atoms with E-state index in [0.717, 1.165) is 6.42 Å². The summed E-state index contributed by atoms with van der Waals surface area (Å²) in [5.74, 6) is -1.40. The summed E-state index contributed by atoms with van der Waals surface area (Å²) >= 11 is 0. The molecule has 0 saturated carbocycles. The Morgan fingerprint density at radius 2 is 1.92 bits per heavy atom. The highest BCUT2D eigenvalue weighted by molar-refractivity contribution is 5.81. The van der Waals surface area contributed by atoms with E-state index >= 15 is 0 Å². The molecule has 0 fully saturated rings. The second kappa shape index (κ2) is 5.09. The third-order valence-corrected chi connectivity index (χ3v) is 1.50. The Labute approximate surface area is 75.5 Å². The highest BCUT2D eigenvalue weighted by Crippen LogP contribution is 2.14. The molecule has 1 N–H and O–H groups in total. The lowest BCUT2D eigenvalue weighted by Gasteiger charge is -2.08. The quantitative estimate of drug-likeness (QED) is 0.687. The molecular weight excluding hydrogens is 183 g/mol. The first kappa shape index (κ1) is 12.3. The van der Waals surface area contributed by atoms with Gasteiger partial charge >= 0.3 is 12.1 Å². The van der Waals surface area contributed by atoms with Crippen molar-refractivity contribution in [2.45, 2.75) is 32.9 Å². The Morgan fingerprint density at radius 1 is 1.38 bits per heavy atom. The van der Waals surface area contributed by atoms with Crippen molar-refractivity contribution in [3.05, 3.63) is 0 Å². The van der Waals surface area contributed by atoms with Gasteiger partial charge in [0.2, 0.25) is 0 Å². The molecule has 0 saturated heterocycles. The molecule has 0 aliphatic carbocycles. The van der Waals surface area contributed by atoms with E-state index in [1.807, 2.05) is 19.2 Å². The van der Waals surface area contributed by atoms with Crippen LogP contribution in [0.2, 0.25) is 0 Å². The third kappa shape index (κ3) is 6.42. The van der Waals surface area contributed by atoms with Gasteiger partial charge < -0.3 is 5.32 Å². The second-order valence-corrected chi connectivity index (χ2v) is 3.29. The molecular formula is C8H14F3NO. The van der Waals surface area contributed by atoms with Crippen molar-refractivity contribution < 1.29 is 18.0 Å². The number of carbonyl (C=O) groups excluding carboxylic acids is 1. The Hall–Kier alpha value is -0.740. The smallest absolute Gasteiger partial charge is 0.348 e. The Kier molecular flexibility index (Phi) is 4.80. The first-order valence-electron chi connectivity index (χ1n) is 4.19. The number of amides is 1. The number of carbonyl (C=O) groups is 1. The van der Waals surface area contributed by atoms with E-state index in [2.05, 4.69) is 0 Å². The van der Waals surface area contributed by atoms with Crippen molar-refractivity contribution in [2.75, 3.05) is 6.54 Å². The fourth-order valence-corrected chi connectivity index (χ4v) is 0.812. The van der Waals surface area contributed by atoms with Crippen LogP contribution in [0.5, 0.6) is 0 Å². The maximum absolute atomic E-state index is 11.6. The molecule has 0 aromatic carbocycles. The number of hydrogen-bond acceptors (Lipinski definition) is 1. The van der Waals surface area contributed by atoms with Crippen molar-refractivity contribution in [2.24, 2.45) is 5.92 Å². The van der Waals surface area contributed by atoms with Crippen LogP contribution in [-0.2, 0) is 4.79 Å². The molecule has 78 valence electrons. The highest BCUT2D eigenvalue weighted by Gasteiger charge is 2.38. The number of alkyl halides is 3. The highest BCUT2D eigenvalue weighted by atomic mass is 19.4. The minimum Gasteiger partial charge on any atom is -0.348 e. The average Bonchev–Trinajstić information content (AvgIpc) is 1.95. The van der Waals surface area contributed by atoms with Gasteiger partial charge in [-0.25, -0.2) is 0 Å². The van der Waals surface area contributed by atoms with E-state index < -0.39 is 12.1 Å². The van der Waals surface area contributed by atoms with Crippen LogP contribution in [0.25, 0.3) is 0 Å². The second-order valence-electron chi connectivity index (χ2n) is 3.29. The molecule has 13 heavy (non-hydrogen) atoms. The molecule has 0 radical (unpaired) electrons. The van der Waals surface area contributed by atoms with Crippen LogP contribution in [0.4, 0.5) is 13.2 Å². The van der Waals surface area contributed by atoms with E-state index in [1.165, 1.54) is 0 Å². The van der Waals surface area contributed by atoms with Crippen LogP contribution >= 0.6 is 0 Å². The number of halogens is 3. The lowest BCUT2D eigenvalue weighted by molar-refractivity contribution is -0.173. The number of hydrogen-bond donors (Lipinski definition) is 1. The molecule has 0 aliphatic rings. The predicted molar refractivity (Wildman–Crippen MR) is 43.1 cm³/mol. The van der Waals surface area contributed by atoms with E-state index in [9.17, 15) is 18.0 Å². The predicted octanol–water partition coefficient (Wildman–Crippen LogP) is 2.10. The molecule has 5 heteroatoms. The molecule has 0 bridgehead atoms. The minimum atomic E-state index is -4.75. The van der Waals surface area contributed by atoms with Crippen LogP contribution in [-0.4, -0.2) is 18.6 Å². The van der Waals surface area contributed by atoms with Crippen molar-refractivity contribution in [3.8, 4) is 0 Å². The fourth-order valence-electron chi connectivity index (χ4n) is 0.812. The molecule has 0 heterocycles. The summed E-state index contributed by atoms with van der Waals surface area (Å²) in [4.78, 5) is 10.3. The van der Waals surface area contributed by atoms with Gasteiger partial charge in [-0.05, 0) is 18.8 Å². The third-order valence-electron chi connectivity index (χ3n) is 1.50. The molecule has 0 unspecified atom stereocenters. The average molecular weight is 197 g/mol. The zero-order valence-corrected chi connectivity index (χ0v) is 7.74. The van der Waals surface area contributed by atoms with Crippen LogP contribution in [0.1, 0.15) is 26.7 Å². The van der Waals surface area contributed by atoms with Gasteiger partial charge in [-0.15, -0.1) is 0 Å². The minimum absolute atomic E-state index is 0.0938. The van der Waals surface area contributed by atoms with Crippen LogP contribution in [0.15, 0.2) is 0 Å². The topological polar surface area (TPSA) is 29.1 Å². The molecule has 0 atom stereocenters. The zero-order valence-electron chi connectivity index (χ0n) is 7.74. The normalized spacial score (nSPS) is 11.8. The van der Waals surface area contributed by atoms with E-state index in [1.54, 1.807) is 0 Å². The summed E-state index contributed by atoms with van der Waals surface area (Å²) in [6.07, 6.45) is -3.35. The van der Waals surface area contributed by atoms with Crippen LogP contribution in [0, 0.1) is 5.92 Å². The van der Waals surface area contributed by atoms with Crippen molar-refractivity contribution >= 4 is 5.91 Å². The van der Waals surface area contributed by atoms with Gasteiger partial charge in [-0.2, -0.15) is 13.2 Å². The number of nitrogens with one attached hydrogen (secondary N) is 1. The maximum Gasteiger partial charge on any atom is 0.471 e. The Balaban J connectivity index is 3.49. The van der Waals surface area contributed by atoms with Crippen molar-refractivity contribution in [1.82, 2.24) is 5.32 Å². The molecule has 2 nitrogen and oxygen atoms in total. The molecule has 0 aromatic heterocycles. The summed E-state index contributed by atoms with van der Waals surface area (Å²) in [5.41, 5.74) is 0. The summed E-state index contributed by atoms with van der Waals surface area (Å²) < 4.78 is 34.9. The SMILES string of the molecule is CC(C)CCCNC(=O)C(F)(F)F. The summed E-state index contributed by atoms with van der Waals surface area (Å²) in [5, 5.41) is 1.81. The molecule has 0 rings (SSSR count). The monoisotopic (exact) mass is 197 g/mol. The van der Waals surface area contributed by atoms with Crippen LogP contribution in [0.3, 0.4) is 0 Å². The van der Waals surface area contributed by atoms with Gasteiger partial charge in [-0.3, -0.25) is 4.79 Å². The summed E-state index contributed by atoms with van der Waals surface area (Å²) in [6.45, 7) is 4.05. The molecule has 0 spiro atoms. The van der Waals surface area contributed by atoms with Gasteiger partial charge in [0.15, 0.2) is 0 Å². The van der Waals surface area contributed by atoms with E-state index in [0.29, 0.717) is 12.3 Å². The van der Waals surface area contributed by atoms with Crippen LogP contribution < -0.4 is 5.32 Å². The van der Waals surface area contributed by atoms with Gasteiger partial charge in [0.1, 0.15) is 0 Å². The van der Waals surface area contributed by atoms with Gasteiger partial charge in [0.05, 0.1) is 0 Å². The summed E-state index contributed by atoms with van der Waals surface area (Å²) in [7, 11) is 0. The maximum atomic E-state index is 11.6. The first-order valence-corrected chi connectivity index (χ1v) is 4.19.